The van der Waals surface area contributed by atoms with Gasteiger partial charge >= 0.3 is 0 Å². The Morgan fingerprint density at radius 1 is 0.810 bits per heavy atom. The quantitative estimate of drug-likeness (QED) is 0.431. The minimum atomic E-state index is 0.823. The van der Waals surface area contributed by atoms with Crippen molar-refractivity contribution >= 4 is 0 Å². The zero-order chi connectivity index (χ0) is 15.2. The topological polar surface area (TPSA) is 12.0 Å². The van der Waals surface area contributed by atoms with Crippen molar-refractivity contribution in [3.8, 4) is 0 Å². The average molecular weight is 296 g/mol. The Hall–Kier alpha value is -0.0400. The van der Waals surface area contributed by atoms with Crippen LogP contribution in [0.1, 0.15) is 110 Å². The van der Waals surface area contributed by atoms with E-state index in [1.165, 1.54) is 103 Å². The fraction of sp³-hybridized carbons (Fsp3) is 1.00. The van der Waals surface area contributed by atoms with E-state index in [1.807, 2.05) is 0 Å². The molecule has 1 heteroatoms. The van der Waals surface area contributed by atoms with Crippen LogP contribution in [0.4, 0.5) is 0 Å². The summed E-state index contributed by atoms with van der Waals surface area (Å²) in [6, 6.07) is 0.823. The van der Waals surface area contributed by atoms with Gasteiger partial charge in [-0.3, -0.25) is 0 Å². The number of nitrogens with one attached hydrogen (secondary N) is 1. The molecule has 0 aromatic carbocycles. The van der Waals surface area contributed by atoms with Gasteiger partial charge in [0.1, 0.15) is 0 Å². The Morgan fingerprint density at radius 2 is 1.43 bits per heavy atom. The van der Waals surface area contributed by atoms with E-state index >= 15 is 0 Å². The average Bonchev–Trinajstić information content (AvgIpc) is 2.47. The van der Waals surface area contributed by atoms with E-state index in [9.17, 15) is 0 Å². The van der Waals surface area contributed by atoms with E-state index in [-0.39, 0.29) is 0 Å². The van der Waals surface area contributed by atoms with Crippen LogP contribution in [0.15, 0.2) is 0 Å². The predicted molar refractivity (Wildman–Crippen MR) is 95.9 cm³/mol. The van der Waals surface area contributed by atoms with Gasteiger partial charge in [-0.15, -0.1) is 0 Å². The van der Waals surface area contributed by atoms with Gasteiger partial charge in [-0.2, -0.15) is 0 Å². The van der Waals surface area contributed by atoms with Crippen molar-refractivity contribution in [3.05, 3.63) is 0 Å². The van der Waals surface area contributed by atoms with Crippen molar-refractivity contribution in [2.75, 3.05) is 6.54 Å². The Kier molecular flexibility index (Phi) is 12.3. The highest BCUT2D eigenvalue weighted by atomic mass is 14.9. The van der Waals surface area contributed by atoms with Crippen LogP contribution in [0.5, 0.6) is 0 Å². The van der Waals surface area contributed by atoms with Crippen LogP contribution >= 0.6 is 0 Å². The first-order valence-electron chi connectivity index (χ1n) is 10.1. The number of hydrogen-bond donors (Lipinski definition) is 1. The molecule has 1 atom stereocenters. The van der Waals surface area contributed by atoms with Crippen LogP contribution in [-0.2, 0) is 0 Å². The smallest absolute Gasteiger partial charge is 0.00671 e. The first-order valence-corrected chi connectivity index (χ1v) is 10.1. The summed E-state index contributed by atoms with van der Waals surface area (Å²) in [4.78, 5) is 0. The third-order valence-corrected chi connectivity index (χ3v) is 5.34. The lowest BCUT2D eigenvalue weighted by Gasteiger charge is -2.24. The molecule has 0 bridgehead atoms. The molecule has 0 spiro atoms. The summed E-state index contributed by atoms with van der Waals surface area (Å²) < 4.78 is 0. The maximum absolute atomic E-state index is 3.90. The zero-order valence-electron chi connectivity index (χ0n) is 15.0. The molecule has 0 aliphatic heterocycles. The lowest BCUT2D eigenvalue weighted by Crippen LogP contribution is -2.33. The monoisotopic (exact) mass is 295 g/mol. The third-order valence-electron chi connectivity index (χ3n) is 5.34. The predicted octanol–water partition coefficient (Wildman–Crippen LogP) is 6.47. The standard InChI is InChI=1S/C20H41N/c1-3-5-6-7-9-12-15-19(4-2)18-21-20-16-13-10-8-11-14-17-20/h19-21H,3-18H2,1-2H3. The molecular weight excluding hydrogens is 254 g/mol. The van der Waals surface area contributed by atoms with Crippen LogP contribution in [-0.4, -0.2) is 12.6 Å². The molecule has 1 aliphatic carbocycles. The fourth-order valence-electron chi connectivity index (χ4n) is 3.66. The van der Waals surface area contributed by atoms with Crippen LogP contribution in [0, 0.1) is 5.92 Å². The van der Waals surface area contributed by atoms with Gasteiger partial charge in [0.15, 0.2) is 0 Å². The Labute approximate surface area is 134 Å². The SMILES string of the molecule is CCCCCCCCC(CC)CNC1CCCCCCC1. The molecule has 0 heterocycles. The van der Waals surface area contributed by atoms with Crippen molar-refractivity contribution in [3.63, 3.8) is 0 Å². The van der Waals surface area contributed by atoms with Crippen molar-refractivity contribution in [2.24, 2.45) is 5.92 Å². The van der Waals surface area contributed by atoms with Gasteiger partial charge in [-0.25, -0.2) is 0 Å². The number of rotatable bonds is 11. The van der Waals surface area contributed by atoms with Gasteiger partial charge in [-0.1, -0.05) is 90.9 Å². The first-order chi connectivity index (χ1) is 10.4. The molecule has 0 saturated heterocycles. The molecular formula is C20H41N. The van der Waals surface area contributed by atoms with E-state index in [0.29, 0.717) is 0 Å². The highest BCUT2D eigenvalue weighted by Crippen LogP contribution is 2.19. The minimum absolute atomic E-state index is 0.823. The van der Waals surface area contributed by atoms with Crippen molar-refractivity contribution in [1.82, 2.24) is 5.32 Å². The molecule has 1 saturated carbocycles. The van der Waals surface area contributed by atoms with Crippen molar-refractivity contribution in [1.29, 1.82) is 0 Å². The molecule has 0 aromatic rings. The third kappa shape index (κ3) is 10.3. The fourth-order valence-corrected chi connectivity index (χ4v) is 3.66. The highest BCUT2D eigenvalue weighted by Gasteiger charge is 2.13. The van der Waals surface area contributed by atoms with Crippen LogP contribution in [0.3, 0.4) is 0 Å². The molecule has 21 heavy (non-hydrogen) atoms. The van der Waals surface area contributed by atoms with E-state index in [1.54, 1.807) is 0 Å². The largest absolute Gasteiger partial charge is 0.314 e. The van der Waals surface area contributed by atoms with Gasteiger partial charge in [0, 0.05) is 6.04 Å². The second kappa shape index (κ2) is 13.6. The molecule has 1 aliphatic rings. The molecule has 0 radical (unpaired) electrons. The Morgan fingerprint density at radius 3 is 2.10 bits per heavy atom. The summed E-state index contributed by atoms with van der Waals surface area (Å²) in [5, 5.41) is 3.90. The van der Waals surface area contributed by atoms with Crippen molar-refractivity contribution < 1.29 is 0 Å². The van der Waals surface area contributed by atoms with Crippen LogP contribution in [0.25, 0.3) is 0 Å². The van der Waals surface area contributed by atoms with Gasteiger partial charge < -0.3 is 5.32 Å². The lowest BCUT2D eigenvalue weighted by atomic mass is 9.94. The minimum Gasteiger partial charge on any atom is -0.314 e. The summed E-state index contributed by atoms with van der Waals surface area (Å²) in [5.74, 6) is 0.918. The lowest BCUT2D eigenvalue weighted by molar-refractivity contribution is 0.341. The van der Waals surface area contributed by atoms with Crippen molar-refractivity contribution in [2.45, 2.75) is 116 Å². The van der Waals surface area contributed by atoms with Crippen LogP contribution in [0.2, 0.25) is 0 Å². The van der Waals surface area contributed by atoms with E-state index in [0.717, 1.165) is 12.0 Å². The zero-order valence-corrected chi connectivity index (χ0v) is 15.0. The Bertz CT molecular complexity index is 206. The van der Waals surface area contributed by atoms with Gasteiger partial charge in [-0.05, 0) is 31.7 Å². The van der Waals surface area contributed by atoms with Gasteiger partial charge in [0.2, 0.25) is 0 Å². The molecule has 126 valence electrons. The van der Waals surface area contributed by atoms with Gasteiger partial charge in [0.25, 0.3) is 0 Å². The normalized spacial score (nSPS) is 19.1. The molecule has 0 aromatic heterocycles. The molecule has 1 rings (SSSR count). The molecule has 0 amide bonds. The maximum atomic E-state index is 3.90. The summed E-state index contributed by atoms with van der Waals surface area (Å²) >= 11 is 0. The van der Waals surface area contributed by atoms with E-state index in [4.69, 9.17) is 0 Å². The summed E-state index contributed by atoms with van der Waals surface area (Å²) in [6.07, 6.45) is 21.6. The molecule has 1 fully saturated rings. The first kappa shape index (κ1) is 19.0. The molecule has 1 unspecified atom stereocenters. The van der Waals surface area contributed by atoms with Crippen LogP contribution < -0.4 is 5.32 Å². The highest BCUT2D eigenvalue weighted by molar-refractivity contribution is 4.72. The number of unbranched alkanes of at least 4 members (excludes halogenated alkanes) is 5. The van der Waals surface area contributed by atoms with E-state index < -0.39 is 0 Å². The second-order valence-electron chi connectivity index (χ2n) is 7.28. The Balaban J connectivity index is 2.06. The molecule has 1 nitrogen and oxygen atoms in total. The summed E-state index contributed by atoms with van der Waals surface area (Å²) in [5.41, 5.74) is 0. The second-order valence-corrected chi connectivity index (χ2v) is 7.28. The van der Waals surface area contributed by atoms with Gasteiger partial charge in [0.05, 0.1) is 0 Å². The maximum Gasteiger partial charge on any atom is 0.00671 e. The number of hydrogen-bond acceptors (Lipinski definition) is 1. The summed E-state index contributed by atoms with van der Waals surface area (Å²) in [7, 11) is 0. The summed E-state index contributed by atoms with van der Waals surface area (Å²) in [6.45, 7) is 5.95. The van der Waals surface area contributed by atoms with E-state index in [2.05, 4.69) is 19.2 Å². The molecule has 1 N–H and O–H groups in total.